The van der Waals surface area contributed by atoms with Crippen LogP contribution in [0.3, 0.4) is 0 Å². The standard InChI is InChI=1S/C18H18ClN5O3S/c1-22-16-12-20-7-6-15(16)21-17(18(22)25)23-8-10-24(11-9-23)28(26,27)14-4-2-13(19)3-5-14/h2-7,12H,8-11H2,1H3. The number of pyridine rings is 1. The molecule has 1 aliphatic rings. The van der Waals surface area contributed by atoms with Crippen molar-refractivity contribution in [2.45, 2.75) is 4.90 Å². The van der Waals surface area contributed by atoms with Crippen molar-refractivity contribution in [2.24, 2.45) is 7.05 Å². The zero-order chi connectivity index (χ0) is 19.9. The molecule has 8 nitrogen and oxygen atoms in total. The maximum Gasteiger partial charge on any atom is 0.293 e. The summed E-state index contributed by atoms with van der Waals surface area (Å²) >= 11 is 5.85. The Bertz CT molecular complexity index is 1190. The van der Waals surface area contributed by atoms with Gasteiger partial charge in [0, 0.05) is 44.4 Å². The first-order chi connectivity index (χ1) is 13.4. The number of hydrogen-bond donors (Lipinski definition) is 0. The SMILES string of the molecule is Cn1c(=O)c(N2CCN(S(=O)(=O)c3ccc(Cl)cc3)CC2)nc2ccncc21. The van der Waals surface area contributed by atoms with E-state index in [0.717, 1.165) is 0 Å². The molecule has 3 aromatic rings. The number of fused-ring (bicyclic) bond motifs is 1. The van der Waals surface area contributed by atoms with E-state index in [2.05, 4.69) is 9.97 Å². The molecular weight excluding hydrogens is 402 g/mol. The van der Waals surface area contributed by atoms with Gasteiger partial charge in [-0.15, -0.1) is 0 Å². The smallest absolute Gasteiger partial charge is 0.293 e. The van der Waals surface area contributed by atoms with Crippen LogP contribution in [-0.2, 0) is 17.1 Å². The first-order valence-corrected chi connectivity index (χ1v) is 10.5. The minimum absolute atomic E-state index is 0.206. The van der Waals surface area contributed by atoms with E-state index >= 15 is 0 Å². The molecule has 0 bridgehead atoms. The van der Waals surface area contributed by atoms with Crippen LogP contribution in [0.2, 0.25) is 5.02 Å². The Balaban J connectivity index is 1.58. The van der Waals surface area contributed by atoms with Crippen molar-refractivity contribution < 1.29 is 8.42 Å². The number of nitrogens with zero attached hydrogens (tertiary/aromatic N) is 5. The normalized spacial score (nSPS) is 15.9. The fraction of sp³-hybridized carbons (Fsp3) is 0.278. The van der Waals surface area contributed by atoms with Crippen LogP contribution >= 0.6 is 11.6 Å². The number of rotatable bonds is 3. The lowest BCUT2D eigenvalue weighted by Gasteiger charge is -2.34. The van der Waals surface area contributed by atoms with Crippen LogP contribution in [0.25, 0.3) is 11.0 Å². The molecule has 0 spiro atoms. The number of benzene rings is 1. The third-order valence-corrected chi connectivity index (χ3v) is 7.02. The summed E-state index contributed by atoms with van der Waals surface area (Å²) in [6.07, 6.45) is 3.23. The Morgan fingerprint density at radius 3 is 2.39 bits per heavy atom. The van der Waals surface area contributed by atoms with Gasteiger partial charge >= 0.3 is 0 Å². The number of sulfonamides is 1. The predicted molar refractivity (Wildman–Crippen MR) is 107 cm³/mol. The molecule has 1 fully saturated rings. The summed E-state index contributed by atoms with van der Waals surface area (Å²) < 4.78 is 28.6. The Morgan fingerprint density at radius 1 is 1.04 bits per heavy atom. The number of halogens is 1. The van der Waals surface area contributed by atoms with Gasteiger partial charge in [0.2, 0.25) is 10.0 Å². The van der Waals surface area contributed by atoms with Gasteiger partial charge in [-0.1, -0.05) is 11.6 Å². The fourth-order valence-corrected chi connectivity index (χ4v) is 4.80. The van der Waals surface area contributed by atoms with Crippen molar-refractivity contribution in [2.75, 3.05) is 31.1 Å². The van der Waals surface area contributed by atoms with E-state index in [0.29, 0.717) is 35.0 Å². The van der Waals surface area contributed by atoms with Gasteiger partial charge in [0.05, 0.1) is 22.1 Å². The highest BCUT2D eigenvalue weighted by Gasteiger charge is 2.30. The summed E-state index contributed by atoms with van der Waals surface area (Å²) in [6.45, 7) is 1.30. The zero-order valence-electron chi connectivity index (χ0n) is 15.1. The summed E-state index contributed by atoms with van der Waals surface area (Å²) in [6, 6.07) is 7.86. The molecule has 0 atom stereocenters. The summed E-state index contributed by atoms with van der Waals surface area (Å²) in [7, 11) is -1.92. The van der Waals surface area contributed by atoms with Gasteiger partial charge in [-0.3, -0.25) is 9.78 Å². The molecule has 0 aliphatic carbocycles. The fourth-order valence-electron chi connectivity index (χ4n) is 3.25. The van der Waals surface area contributed by atoms with Crippen LogP contribution in [0.15, 0.2) is 52.4 Å². The van der Waals surface area contributed by atoms with Gasteiger partial charge in [-0.05, 0) is 30.3 Å². The van der Waals surface area contributed by atoms with Gasteiger partial charge in [0.25, 0.3) is 5.56 Å². The van der Waals surface area contributed by atoms with Crippen LogP contribution in [-0.4, -0.2) is 53.4 Å². The molecule has 146 valence electrons. The summed E-state index contributed by atoms with van der Waals surface area (Å²) in [5.74, 6) is 0.324. The van der Waals surface area contributed by atoms with Crippen molar-refractivity contribution in [1.82, 2.24) is 18.8 Å². The Kier molecular flexibility index (Phi) is 4.82. The van der Waals surface area contributed by atoms with E-state index in [9.17, 15) is 13.2 Å². The molecule has 1 aromatic carbocycles. The van der Waals surface area contributed by atoms with Crippen molar-refractivity contribution in [3.63, 3.8) is 0 Å². The lowest BCUT2D eigenvalue weighted by Crippen LogP contribution is -2.50. The summed E-state index contributed by atoms with van der Waals surface area (Å²) in [5.41, 5.74) is 1.10. The maximum atomic E-state index is 12.8. The number of hydrogen-bond acceptors (Lipinski definition) is 6. The minimum atomic E-state index is -3.60. The molecule has 2 aromatic heterocycles. The highest BCUT2D eigenvalue weighted by molar-refractivity contribution is 7.89. The quantitative estimate of drug-likeness (QED) is 0.639. The average molecular weight is 420 g/mol. The van der Waals surface area contributed by atoms with E-state index < -0.39 is 10.0 Å². The third kappa shape index (κ3) is 3.25. The van der Waals surface area contributed by atoms with Crippen LogP contribution in [0.1, 0.15) is 0 Å². The number of anilines is 1. The topological polar surface area (TPSA) is 88.4 Å². The first-order valence-electron chi connectivity index (χ1n) is 8.69. The van der Waals surface area contributed by atoms with Crippen LogP contribution in [0.4, 0.5) is 5.82 Å². The molecule has 0 amide bonds. The lowest BCUT2D eigenvalue weighted by molar-refractivity contribution is 0.383. The molecule has 1 aliphatic heterocycles. The van der Waals surface area contributed by atoms with E-state index in [-0.39, 0.29) is 23.5 Å². The molecule has 1 saturated heterocycles. The van der Waals surface area contributed by atoms with Crippen LogP contribution < -0.4 is 10.5 Å². The van der Waals surface area contributed by atoms with Crippen molar-refractivity contribution >= 4 is 38.5 Å². The molecule has 0 unspecified atom stereocenters. The largest absolute Gasteiger partial charge is 0.349 e. The molecule has 10 heteroatoms. The van der Waals surface area contributed by atoms with E-state index in [1.807, 2.05) is 4.90 Å². The first kappa shape index (κ1) is 18.9. The van der Waals surface area contributed by atoms with Gasteiger partial charge in [-0.25, -0.2) is 13.4 Å². The highest BCUT2D eigenvalue weighted by Crippen LogP contribution is 2.21. The minimum Gasteiger partial charge on any atom is -0.349 e. The number of aromatic nitrogens is 3. The van der Waals surface area contributed by atoms with E-state index in [1.165, 1.54) is 21.0 Å². The highest BCUT2D eigenvalue weighted by atomic mass is 35.5. The Hall–Kier alpha value is -2.49. The molecule has 0 saturated carbocycles. The van der Waals surface area contributed by atoms with Crippen molar-refractivity contribution in [1.29, 1.82) is 0 Å². The molecule has 0 N–H and O–H groups in total. The van der Waals surface area contributed by atoms with Crippen molar-refractivity contribution in [3.05, 3.63) is 58.1 Å². The second kappa shape index (κ2) is 7.16. The van der Waals surface area contributed by atoms with Gasteiger partial charge in [0.15, 0.2) is 5.82 Å². The summed E-state index contributed by atoms with van der Waals surface area (Å²) in [5, 5.41) is 0.484. The molecular formula is C18H18ClN5O3S. The van der Waals surface area contributed by atoms with Crippen LogP contribution in [0.5, 0.6) is 0 Å². The molecule has 0 radical (unpaired) electrons. The second-order valence-corrected chi connectivity index (χ2v) is 8.88. The van der Waals surface area contributed by atoms with E-state index in [4.69, 9.17) is 11.6 Å². The lowest BCUT2D eigenvalue weighted by atomic mass is 10.3. The van der Waals surface area contributed by atoms with E-state index in [1.54, 1.807) is 37.6 Å². The van der Waals surface area contributed by atoms with Crippen molar-refractivity contribution in [3.8, 4) is 0 Å². The zero-order valence-corrected chi connectivity index (χ0v) is 16.7. The van der Waals surface area contributed by atoms with Crippen LogP contribution in [0, 0.1) is 0 Å². The molecule has 28 heavy (non-hydrogen) atoms. The predicted octanol–water partition coefficient (Wildman–Crippen LogP) is 1.49. The van der Waals surface area contributed by atoms with Gasteiger partial charge in [-0.2, -0.15) is 4.31 Å². The average Bonchev–Trinajstić information content (AvgIpc) is 2.71. The Morgan fingerprint density at radius 2 is 1.71 bits per heavy atom. The number of piperazine rings is 1. The monoisotopic (exact) mass is 419 g/mol. The Labute approximate surface area is 167 Å². The third-order valence-electron chi connectivity index (χ3n) is 4.85. The summed E-state index contributed by atoms with van der Waals surface area (Å²) in [4.78, 5) is 23.3. The maximum absolute atomic E-state index is 12.8. The van der Waals surface area contributed by atoms with Gasteiger partial charge < -0.3 is 9.47 Å². The molecule has 4 rings (SSSR count). The number of aryl methyl sites for hydroxylation is 1. The second-order valence-electron chi connectivity index (χ2n) is 6.51. The van der Waals surface area contributed by atoms with Gasteiger partial charge in [0.1, 0.15) is 0 Å². The molecule has 3 heterocycles.